The molecule has 0 saturated carbocycles. The number of carboxylic acids is 1. The summed E-state index contributed by atoms with van der Waals surface area (Å²) in [5.74, 6) is -1.31. The molecule has 3 nitrogen and oxygen atoms in total. The van der Waals surface area contributed by atoms with Crippen LogP contribution < -0.4 is 0 Å². The lowest BCUT2D eigenvalue weighted by molar-refractivity contribution is 0.0693. The first kappa shape index (κ1) is 10.4. The summed E-state index contributed by atoms with van der Waals surface area (Å²) in [7, 11) is 0. The number of aromatic carboxylic acids is 1. The molecular weight excluding hydrogens is 204 g/mol. The van der Waals surface area contributed by atoms with Crippen molar-refractivity contribution in [1.29, 1.82) is 0 Å². The average Bonchev–Trinajstić information content (AvgIpc) is 2.81. The molecule has 16 heavy (non-hydrogen) atoms. The summed E-state index contributed by atoms with van der Waals surface area (Å²) < 4.78 is 0. The maximum Gasteiger partial charge on any atom is 0.336 e. The molecule has 0 amide bonds. The van der Waals surface area contributed by atoms with Gasteiger partial charge in [-0.2, -0.15) is 0 Å². The molecule has 0 aromatic heterocycles. The van der Waals surface area contributed by atoms with Gasteiger partial charge in [-0.25, -0.2) is 4.79 Å². The molecule has 0 heterocycles. The van der Waals surface area contributed by atoms with Crippen molar-refractivity contribution in [2.45, 2.75) is 6.42 Å². The van der Waals surface area contributed by atoms with Crippen LogP contribution in [0.3, 0.4) is 0 Å². The Bertz CT molecular complexity index is 510. The van der Waals surface area contributed by atoms with Gasteiger partial charge >= 0.3 is 5.97 Å². The Hall–Kier alpha value is -2.16. The Morgan fingerprint density at radius 1 is 1.12 bits per heavy atom. The zero-order chi connectivity index (χ0) is 11.5. The van der Waals surface area contributed by atoms with E-state index in [1.807, 2.05) is 6.08 Å². The molecule has 1 aromatic rings. The molecule has 3 heteroatoms. The fourth-order valence-electron chi connectivity index (χ4n) is 1.65. The van der Waals surface area contributed by atoms with Crippen LogP contribution in [-0.2, 0) is 0 Å². The van der Waals surface area contributed by atoms with Crippen molar-refractivity contribution in [1.82, 2.24) is 0 Å². The highest BCUT2D eigenvalue weighted by Gasteiger charge is 2.18. The number of hydrogen-bond acceptors (Lipinski definition) is 2. The first-order valence-electron chi connectivity index (χ1n) is 4.94. The highest BCUT2D eigenvalue weighted by molar-refractivity contribution is 6.15. The van der Waals surface area contributed by atoms with Crippen LogP contribution in [0.15, 0.2) is 48.1 Å². The first-order chi connectivity index (χ1) is 7.70. The lowest BCUT2D eigenvalue weighted by atomic mass is 9.99. The van der Waals surface area contributed by atoms with Crippen LogP contribution in [0.4, 0.5) is 0 Å². The van der Waals surface area contributed by atoms with Gasteiger partial charge in [0.05, 0.1) is 5.56 Å². The van der Waals surface area contributed by atoms with Gasteiger partial charge in [0, 0.05) is 11.1 Å². The van der Waals surface area contributed by atoms with Crippen LogP contribution in [-0.4, -0.2) is 16.9 Å². The molecule has 0 aliphatic heterocycles. The summed E-state index contributed by atoms with van der Waals surface area (Å²) in [6.45, 7) is 0. The molecule has 0 spiro atoms. The predicted octanol–water partition coefficient (Wildman–Crippen LogP) is 2.45. The second-order valence-electron chi connectivity index (χ2n) is 3.48. The third kappa shape index (κ3) is 1.80. The van der Waals surface area contributed by atoms with E-state index in [-0.39, 0.29) is 16.9 Å². The zero-order valence-corrected chi connectivity index (χ0v) is 8.51. The molecule has 1 N–H and O–H groups in total. The van der Waals surface area contributed by atoms with Crippen LogP contribution in [0.1, 0.15) is 27.1 Å². The van der Waals surface area contributed by atoms with Gasteiger partial charge in [0.1, 0.15) is 0 Å². The van der Waals surface area contributed by atoms with E-state index < -0.39 is 5.97 Å². The maximum absolute atomic E-state index is 12.0. The largest absolute Gasteiger partial charge is 0.478 e. The number of carbonyl (C=O) groups is 2. The molecule has 1 aromatic carbocycles. The maximum atomic E-state index is 12.0. The molecule has 0 unspecified atom stereocenters. The molecule has 0 saturated heterocycles. The normalized spacial score (nSPS) is 13.6. The van der Waals surface area contributed by atoms with E-state index in [4.69, 9.17) is 5.11 Å². The number of ketones is 1. The van der Waals surface area contributed by atoms with Crippen molar-refractivity contribution in [3.05, 3.63) is 59.2 Å². The van der Waals surface area contributed by atoms with Gasteiger partial charge < -0.3 is 5.11 Å². The molecule has 1 aliphatic carbocycles. The van der Waals surface area contributed by atoms with Gasteiger partial charge in [0.2, 0.25) is 0 Å². The fraction of sp³-hybridized carbons (Fsp3) is 0.0769. The number of carboxylic acid groups (broad SMARTS) is 1. The van der Waals surface area contributed by atoms with E-state index in [1.165, 1.54) is 6.07 Å². The highest BCUT2D eigenvalue weighted by Crippen LogP contribution is 2.18. The Morgan fingerprint density at radius 2 is 1.81 bits per heavy atom. The molecule has 0 fully saturated rings. The van der Waals surface area contributed by atoms with Crippen LogP contribution in [0, 0.1) is 0 Å². The molecule has 0 radical (unpaired) electrons. The van der Waals surface area contributed by atoms with Crippen LogP contribution in [0.2, 0.25) is 0 Å². The van der Waals surface area contributed by atoms with Crippen molar-refractivity contribution in [3.63, 3.8) is 0 Å². The van der Waals surface area contributed by atoms with E-state index in [9.17, 15) is 9.59 Å². The van der Waals surface area contributed by atoms with E-state index in [0.717, 1.165) is 6.42 Å². The molecule has 0 bridgehead atoms. The minimum absolute atomic E-state index is 0.0497. The number of rotatable bonds is 3. The lowest BCUT2D eigenvalue weighted by Gasteiger charge is -2.04. The SMILES string of the molecule is O=C(O)c1ccccc1C(=O)C1=CCC=C1. The van der Waals surface area contributed by atoms with Gasteiger partial charge in [-0.05, 0) is 12.5 Å². The fourth-order valence-corrected chi connectivity index (χ4v) is 1.65. The Morgan fingerprint density at radius 3 is 2.38 bits per heavy atom. The van der Waals surface area contributed by atoms with Crippen LogP contribution in [0.25, 0.3) is 0 Å². The van der Waals surface area contributed by atoms with Gasteiger partial charge in [-0.1, -0.05) is 36.4 Å². The second-order valence-corrected chi connectivity index (χ2v) is 3.48. The Labute approximate surface area is 92.7 Å². The van der Waals surface area contributed by atoms with Crippen LogP contribution in [0.5, 0.6) is 0 Å². The summed E-state index contributed by atoms with van der Waals surface area (Å²) in [5.41, 5.74) is 0.857. The zero-order valence-electron chi connectivity index (χ0n) is 8.51. The van der Waals surface area contributed by atoms with Gasteiger partial charge in [-0.3, -0.25) is 4.79 Å². The van der Waals surface area contributed by atoms with Crippen molar-refractivity contribution in [3.8, 4) is 0 Å². The number of carbonyl (C=O) groups excluding carboxylic acids is 1. The number of benzene rings is 1. The molecule has 80 valence electrons. The van der Waals surface area contributed by atoms with E-state index >= 15 is 0 Å². The van der Waals surface area contributed by atoms with E-state index in [2.05, 4.69) is 0 Å². The topological polar surface area (TPSA) is 54.4 Å². The van der Waals surface area contributed by atoms with Crippen molar-refractivity contribution >= 4 is 11.8 Å². The summed E-state index contributed by atoms with van der Waals surface area (Å²) in [5, 5.41) is 8.97. The van der Waals surface area contributed by atoms with E-state index in [0.29, 0.717) is 5.57 Å². The summed E-state index contributed by atoms with van der Waals surface area (Å²) in [6.07, 6.45) is 6.12. The first-order valence-corrected chi connectivity index (χ1v) is 4.94. The minimum Gasteiger partial charge on any atom is -0.478 e. The lowest BCUT2D eigenvalue weighted by Crippen LogP contribution is -2.09. The number of allylic oxidation sites excluding steroid dienone is 4. The predicted molar refractivity (Wildman–Crippen MR) is 59.6 cm³/mol. The van der Waals surface area contributed by atoms with Gasteiger partial charge in [-0.15, -0.1) is 0 Å². The summed E-state index contributed by atoms with van der Waals surface area (Å²) >= 11 is 0. The molecule has 1 aliphatic rings. The van der Waals surface area contributed by atoms with E-state index in [1.54, 1.807) is 30.4 Å². The third-order valence-corrected chi connectivity index (χ3v) is 2.44. The summed E-state index contributed by atoms with van der Waals surface area (Å²) in [4.78, 5) is 22.9. The monoisotopic (exact) mass is 214 g/mol. The average molecular weight is 214 g/mol. The second kappa shape index (κ2) is 4.14. The Balaban J connectivity index is 2.44. The summed E-state index contributed by atoms with van der Waals surface area (Å²) in [6, 6.07) is 6.26. The van der Waals surface area contributed by atoms with Crippen molar-refractivity contribution < 1.29 is 14.7 Å². The highest BCUT2D eigenvalue weighted by atomic mass is 16.4. The van der Waals surface area contributed by atoms with Crippen molar-refractivity contribution in [2.75, 3.05) is 0 Å². The third-order valence-electron chi connectivity index (χ3n) is 2.44. The number of Topliss-reactive ketones (excluding diaryl/α,β-unsaturated/α-hetero) is 1. The van der Waals surface area contributed by atoms with Crippen molar-refractivity contribution in [2.24, 2.45) is 0 Å². The quantitative estimate of drug-likeness (QED) is 0.786. The Kier molecular flexibility index (Phi) is 2.68. The molecule has 2 rings (SSSR count). The standard InChI is InChI=1S/C13H10O3/c14-12(9-5-1-2-6-9)10-7-3-4-8-11(10)13(15)16/h1,3-8H,2H2,(H,15,16). The van der Waals surface area contributed by atoms with Gasteiger partial charge in [0.25, 0.3) is 0 Å². The number of hydrogen-bond donors (Lipinski definition) is 1. The minimum atomic E-state index is -1.08. The molecule has 0 atom stereocenters. The smallest absolute Gasteiger partial charge is 0.336 e. The van der Waals surface area contributed by atoms with Gasteiger partial charge in [0.15, 0.2) is 5.78 Å². The molecular formula is C13H10O3. The van der Waals surface area contributed by atoms with Crippen LogP contribution >= 0.6 is 0 Å².